The Bertz CT molecular complexity index is 1190. The summed E-state index contributed by atoms with van der Waals surface area (Å²) in [7, 11) is 0. The summed E-state index contributed by atoms with van der Waals surface area (Å²) in [4.78, 5) is 14.3. The number of aromatic nitrogens is 1. The second-order valence-electron chi connectivity index (χ2n) is 6.96. The van der Waals surface area contributed by atoms with Crippen LogP contribution in [0.2, 0.25) is 10.0 Å². The molecule has 0 aliphatic rings. The molecule has 0 unspecified atom stereocenters. The predicted molar refractivity (Wildman–Crippen MR) is 119 cm³/mol. The van der Waals surface area contributed by atoms with E-state index in [4.69, 9.17) is 27.9 Å². The van der Waals surface area contributed by atoms with Crippen molar-refractivity contribution in [2.24, 2.45) is 0 Å². The summed E-state index contributed by atoms with van der Waals surface area (Å²) in [5, 5.41) is 13.3. The Kier molecular flexibility index (Phi) is 5.93. The van der Waals surface area contributed by atoms with E-state index in [2.05, 4.69) is 4.98 Å². The van der Waals surface area contributed by atoms with E-state index in [-0.39, 0.29) is 17.4 Å². The number of nitrogens with zero attached hydrogens (tertiary/aromatic N) is 1. The zero-order valence-corrected chi connectivity index (χ0v) is 17.4. The summed E-state index contributed by atoms with van der Waals surface area (Å²) in [5.41, 5.74) is 3.63. The molecular formula is C23H18Cl2N2O3. The summed E-state index contributed by atoms with van der Waals surface area (Å²) in [6.07, 6.45) is 1.85. The van der Waals surface area contributed by atoms with Crippen LogP contribution in [0.5, 0.6) is 5.75 Å². The number of hydrogen-bond acceptors (Lipinski definition) is 3. The molecule has 0 saturated carbocycles. The quantitative estimate of drug-likeness (QED) is 0.264. The first-order valence-corrected chi connectivity index (χ1v) is 10.1. The number of fused-ring (bicyclic) bond motifs is 1. The van der Waals surface area contributed by atoms with Crippen LogP contribution in [0, 0.1) is 10.1 Å². The van der Waals surface area contributed by atoms with Gasteiger partial charge >= 0.3 is 0 Å². The highest BCUT2D eigenvalue weighted by molar-refractivity contribution is 6.42. The van der Waals surface area contributed by atoms with Crippen LogP contribution < -0.4 is 4.74 Å². The van der Waals surface area contributed by atoms with Gasteiger partial charge in [0, 0.05) is 22.0 Å². The predicted octanol–water partition coefficient (Wildman–Crippen LogP) is 6.46. The lowest BCUT2D eigenvalue weighted by Gasteiger charge is -2.14. The number of rotatable bonds is 7. The van der Waals surface area contributed by atoms with Gasteiger partial charge < -0.3 is 9.72 Å². The van der Waals surface area contributed by atoms with Crippen LogP contribution in [0.15, 0.2) is 72.9 Å². The first kappa shape index (κ1) is 20.3. The van der Waals surface area contributed by atoms with Crippen LogP contribution in [0.3, 0.4) is 0 Å². The van der Waals surface area contributed by atoms with Crippen LogP contribution >= 0.6 is 23.2 Å². The van der Waals surface area contributed by atoms with Gasteiger partial charge in [0.1, 0.15) is 12.4 Å². The number of benzene rings is 3. The number of nitro groups is 1. The van der Waals surface area contributed by atoms with Gasteiger partial charge in [0.2, 0.25) is 6.54 Å². The highest BCUT2D eigenvalue weighted by Gasteiger charge is 2.23. The van der Waals surface area contributed by atoms with E-state index in [1.54, 1.807) is 12.1 Å². The highest BCUT2D eigenvalue weighted by atomic mass is 35.5. The molecule has 1 aromatic heterocycles. The number of halogens is 2. The van der Waals surface area contributed by atoms with Crippen molar-refractivity contribution >= 4 is 34.1 Å². The molecule has 0 fully saturated rings. The fraction of sp³-hybridized carbons (Fsp3) is 0.130. The first-order valence-electron chi connectivity index (χ1n) is 9.36. The lowest BCUT2D eigenvalue weighted by atomic mass is 9.91. The molecule has 3 aromatic carbocycles. The average molecular weight is 441 g/mol. The molecular weight excluding hydrogens is 423 g/mol. The number of ether oxygens (including phenoxy) is 1. The maximum absolute atomic E-state index is 11.3. The maximum atomic E-state index is 11.3. The van der Waals surface area contributed by atoms with E-state index in [0.29, 0.717) is 22.4 Å². The van der Waals surface area contributed by atoms with Crippen molar-refractivity contribution in [1.29, 1.82) is 0 Å². The van der Waals surface area contributed by atoms with Gasteiger partial charge in [-0.15, -0.1) is 0 Å². The number of para-hydroxylation sites is 1. The fourth-order valence-electron chi connectivity index (χ4n) is 3.51. The highest BCUT2D eigenvalue weighted by Crippen LogP contribution is 2.32. The SMILES string of the molecule is O=[N+]([O-])C[C@@H](c1ccc(OCc2ccc(Cl)c(Cl)c2)cc1)c1c[nH]c2ccccc12. The van der Waals surface area contributed by atoms with E-state index >= 15 is 0 Å². The Labute approximate surface area is 183 Å². The fourth-order valence-corrected chi connectivity index (χ4v) is 3.83. The molecule has 7 heteroatoms. The van der Waals surface area contributed by atoms with Crippen molar-refractivity contribution < 1.29 is 9.66 Å². The topological polar surface area (TPSA) is 68.2 Å². The number of H-pyrrole nitrogens is 1. The molecule has 4 rings (SSSR count). The van der Waals surface area contributed by atoms with Crippen molar-refractivity contribution in [3.8, 4) is 5.75 Å². The molecule has 1 heterocycles. The molecule has 1 atom stereocenters. The first-order chi connectivity index (χ1) is 14.5. The summed E-state index contributed by atoms with van der Waals surface area (Å²) < 4.78 is 5.82. The Morgan fingerprint density at radius 1 is 1.00 bits per heavy atom. The second kappa shape index (κ2) is 8.78. The molecule has 0 spiro atoms. The molecule has 5 nitrogen and oxygen atoms in total. The van der Waals surface area contributed by atoms with Crippen molar-refractivity contribution in [1.82, 2.24) is 4.98 Å². The van der Waals surface area contributed by atoms with Gasteiger partial charge in [0.05, 0.1) is 16.0 Å². The van der Waals surface area contributed by atoms with Gasteiger partial charge in [-0.2, -0.15) is 0 Å². The number of nitrogens with one attached hydrogen (secondary N) is 1. The molecule has 0 bridgehead atoms. The van der Waals surface area contributed by atoms with Gasteiger partial charge in [-0.25, -0.2) is 0 Å². The molecule has 1 N–H and O–H groups in total. The Balaban J connectivity index is 1.55. The van der Waals surface area contributed by atoms with E-state index in [1.165, 1.54) is 0 Å². The van der Waals surface area contributed by atoms with E-state index < -0.39 is 0 Å². The van der Waals surface area contributed by atoms with Gasteiger partial charge in [-0.05, 0) is 47.0 Å². The molecule has 0 saturated heterocycles. The smallest absolute Gasteiger partial charge is 0.214 e. The van der Waals surface area contributed by atoms with Crippen LogP contribution in [-0.2, 0) is 6.61 Å². The van der Waals surface area contributed by atoms with E-state index in [9.17, 15) is 10.1 Å². The Hall–Kier alpha value is -3.02. The summed E-state index contributed by atoms with van der Waals surface area (Å²) in [6.45, 7) is 0.155. The van der Waals surface area contributed by atoms with Crippen LogP contribution in [0.1, 0.15) is 22.6 Å². The number of aromatic amines is 1. The lowest BCUT2D eigenvalue weighted by Crippen LogP contribution is -2.13. The molecule has 152 valence electrons. The van der Waals surface area contributed by atoms with E-state index in [0.717, 1.165) is 27.6 Å². The minimum atomic E-state index is -0.361. The molecule has 30 heavy (non-hydrogen) atoms. The van der Waals surface area contributed by atoms with Crippen molar-refractivity contribution in [3.63, 3.8) is 0 Å². The minimum Gasteiger partial charge on any atom is -0.489 e. The minimum absolute atomic E-state index is 0.189. The third kappa shape index (κ3) is 4.42. The van der Waals surface area contributed by atoms with E-state index in [1.807, 2.05) is 60.8 Å². The summed E-state index contributed by atoms with van der Waals surface area (Å²) >= 11 is 12.0. The summed E-state index contributed by atoms with van der Waals surface area (Å²) in [6, 6.07) is 20.6. The molecule has 0 aliphatic heterocycles. The molecule has 0 aliphatic carbocycles. The van der Waals surface area contributed by atoms with Crippen LogP contribution in [0.4, 0.5) is 0 Å². The third-order valence-electron chi connectivity index (χ3n) is 5.00. The van der Waals surface area contributed by atoms with Gasteiger partial charge in [-0.3, -0.25) is 10.1 Å². The van der Waals surface area contributed by atoms with Crippen molar-refractivity contribution in [2.75, 3.05) is 6.54 Å². The van der Waals surface area contributed by atoms with Gasteiger partial charge in [0.15, 0.2) is 0 Å². The summed E-state index contributed by atoms with van der Waals surface area (Å²) in [5.74, 6) is 0.309. The zero-order chi connectivity index (χ0) is 21.1. The molecule has 0 radical (unpaired) electrons. The monoisotopic (exact) mass is 440 g/mol. The standard InChI is InChI=1S/C23H18Cl2N2O3/c24-21-10-5-15(11-22(21)25)14-30-17-8-6-16(7-9-17)20(13-27(28)29)19-12-26-23-4-2-1-3-18(19)23/h1-12,20,26H,13-14H2/t20-/m0/s1. The number of hydrogen-bond donors (Lipinski definition) is 1. The zero-order valence-electron chi connectivity index (χ0n) is 15.8. The van der Waals surface area contributed by atoms with Gasteiger partial charge in [0.25, 0.3) is 0 Å². The van der Waals surface area contributed by atoms with Crippen LogP contribution in [-0.4, -0.2) is 16.5 Å². The molecule has 0 amide bonds. The van der Waals surface area contributed by atoms with Gasteiger partial charge in [-0.1, -0.05) is 59.6 Å². The van der Waals surface area contributed by atoms with Crippen molar-refractivity contribution in [3.05, 3.63) is 110 Å². The third-order valence-corrected chi connectivity index (χ3v) is 5.74. The lowest BCUT2D eigenvalue weighted by molar-refractivity contribution is -0.481. The normalized spacial score (nSPS) is 12.1. The second-order valence-corrected chi connectivity index (χ2v) is 7.78. The van der Waals surface area contributed by atoms with Crippen molar-refractivity contribution in [2.45, 2.75) is 12.5 Å². The van der Waals surface area contributed by atoms with Crippen LogP contribution in [0.25, 0.3) is 10.9 Å². The Morgan fingerprint density at radius 3 is 2.50 bits per heavy atom. The Morgan fingerprint density at radius 2 is 1.77 bits per heavy atom. The maximum Gasteiger partial charge on any atom is 0.214 e. The average Bonchev–Trinajstić information content (AvgIpc) is 3.17. The largest absolute Gasteiger partial charge is 0.489 e. The molecule has 4 aromatic rings.